The van der Waals surface area contributed by atoms with E-state index in [1.807, 2.05) is 6.92 Å². The number of nitrogens with one attached hydrogen (secondary N) is 1. The lowest BCUT2D eigenvalue weighted by Gasteiger charge is -2.14. The van der Waals surface area contributed by atoms with Gasteiger partial charge in [0.25, 0.3) is 5.56 Å². The summed E-state index contributed by atoms with van der Waals surface area (Å²) in [6, 6.07) is 8.68. The van der Waals surface area contributed by atoms with E-state index in [4.69, 9.17) is 5.14 Å². The molecule has 1 heterocycles. The highest BCUT2D eigenvalue weighted by atomic mass is 79.9. The second kappa shape index (κ2) is 8.01. The van der Waals surface area contributed by atoms with E-state index in [1.165, 1.54) is 24.3 Å². The Kier molecular flexibility index (Phi) is 5.79. The van der Waals surface area contributed by atoms with Gasteiger partial charge in [0.2, 0.25) is 15.9 Å². The zero-order chi connectivity index (χ0) is 22.2. The van der Waals surface area contributed by atoms with Gasteiger partial charge < -0.3 is 5.11 Å². The Bertz CT molecular complexity index is 1390. The predicted octanol–water partition coefficient (Wildman–Crippen LogP) is 2.01. The largest absolute Gasteiger partial charge is 0.493 e. The minimum Gasteiger partial charge on any atom is -0.493 e. The number of nitrogens with two attached hydrogens (primary N) is 1. The number of nitrogens with zero attached hydrogens (tertiary/aromatic N) is 2. The Labute approximate surface area is 179 Å². The highest BCUT2D eigenvalue weighted by Crippen LogP contribution is 2.26. The number of sulfonamides is 1. The molecule has 156 valence electrons. The molecule has 0 radical (unpaired) electrons. The van der Waals surface area contributed by atoms with Gasteiger partial charge in [-0.15, -0.1) is 0 Å². The SMILES string of the molecule is Cc1c(Br)ccc(-n2c(O)c(C=Nc3ccc(S(N)(=O)=O)cc3)c(=O)[nH]c2=O)c1C. The van der Waals surface area contributed by atoms with Gasteiger partial charge in [-0.25, -0.2) is 22.9 Å². The average Bonchev–Trinajstić information content (AvgIpc) is 2.67. The quantitative estimate of drug-likeness (QED) is 0.476. The summed E-state index contributed by atoms with van der Waals surface area (Å²) in [4.78, 5) is 30.8. The fraction of sp³-hybridized carbons (Fsp3) is 0.105. The number of aromatic amines is 1. The Hall–Kier alpha value is -3.02. The number of rotatable bonds is 4. The monoisotopic (exact) mass is 492 g/mol. The number of aromatic hydroxyl groups is 1. The van der Waals surface area contributed by atoms with Crippen molar-refractivity contribution in [2.45, 2.75) is 18.7 Å². The van der Waals surface area contributed by atoms with E-state index in [1.54, 1.807) is 19.1 Å². The molecule has 0 aliphatic rings. The lowest BCUT2D eigenvalue weighted by atomic mass is 10.1. The van der Waals surface area contributed by atoms with Gasteiger partial charge in [0.15, 0.2) is 0 Å². The molecule has 0 spiro atoms. The molecule has 30 heavy (non-hydrogen) atoms. The summed E-state index contributed by atoms with van der Waals surface area (Å²) < 4.78 is 24.5. The Morgan fingerprint density at radius 3 is 2.33 bits per heavy atom. The fourth-order valence-electron chi connectivity index (χ4n) is 2.75. The van der Waals surface area contributed by atoms with Crippen LogP contribution in [0.25, 0.3) is 5.69 Å². The molecular formula is C19H17BrN4O5S. The number of aliphatic imine (C=N–C) groups is 1. The van der Waals surface area contributed by atoms with E-state index in [0.29, 0.717) is 11.4 Å². The third kappa shape index (κ3) is 4.13. The number of benzene rings is 2. The van der Waals surface area contributed by atoms with Crippen LogP contribution in [-0.2, 0) is 10.0 Å². The number of hydrogen-bond acceptors (Lipinski definition) is 6. The molecule has 0 bridgehead atoms. The molecule has 0 aliphatic carbocycles. The summed E-state index contributed by atoms with van der Waals surface area (Å²) in [6.07, 6.45) is 1.09. The first kappa shape index (κ1) is 21.7. The molecule has 3 rings (SSSR count). The molecule has 9 nitrogen and oxygen atoms in total. The van der Waals surface area contributed by atoms with Crippen molar-refractivity contribution < 1.29 is 13.5 Å². The Morgan fingerprint density at radius 2 is 1.73 bits per heavy atom. The molecule has 0 atom stereocenters. The van der Waals surface area contributed by atoms with Crippen LogP contribution in [0.1, 0.15) is 16.7 Å². The summed E-state index contributed by atoms with van der Waals surface area (Å²) in [7, 11) is -3.84. The summed E-state index contributed by atoms with van der Waals surface area (Å²) in [5.74, 6) is -0.571. The normalized spacial score (nSPS) is 11.9. The first-order chi connectivity index (χ1) is 14.0. The van der Waals surface area contributed by atoms with Gasteiger partial charge >= 0.3 is 5.69 Å². The van der Waals surface area contributed by atoms with Crippen molar-refractivity contribution >= 4 is 37.9 Å². The number of H-pyrrole nitrogens is 1. The van der Waals surface area contributed by atoms with Crippen LogP contribution in [0.2, 0.25) is 0 Å². The molecule has 0 fully saturated rings. The van der Waals surface area contributed by atoms with Crippen LogP contribution < -0.4 is 16.4 Å². The molecule has 0 saturated carbocycles. The third-order valence-electron chi connectivity index (χ3n) is 4.56. The van der Waals surface area contributed by atoms with Crippen LogP contribution >= 0.6 is 15.9 Å². The molecule has 3 aromatic rings. The van der Waals surface area contributed by atoms with Crippen molar-refractivity contribution in [2.24, 2.45) is 10.1 Å². The van der Waals surface area contributed by atoms with Crippen molar-refractivity contribution in [2.75, 3.05) is 0 Å². The lowest BCUT2D eigenvalue weighted by Crippen LogP contribution is -2.31. The molecule has 0 unspecified atom stereocenters. The van der Waals surface area contributed by atoms with Gasteiger partial charge in [-0.2, -0.15) is 0 Å². The van der Waals surface area contributed by atoms with Gasteiger partial charge in [0.1, 0.15) is 5.56 Å². The van der Waals surface area contributed by atoms with Crippen molar-refractivity contribution in [3.05, 3.63) is 78.4 Å². The number of halogens is 1. The molecule has 2 aromatic carbocycles. The number of primary sulfonamides is 1. The summed E-state index contributed by atoms with van der Waals surface area (Å²) in [6.45, 7) is 3.64. The van der Waals surface area contributed by atoms with Crippen molar-refractivity contribution in [3.8, 4) is 11.6 Å². The molecule has 0 aliphatic heterocycles. The van der Waals surface area contributed by atoms with Crippen LogP contribution in [0.5, 0.6) is 5.88 Å². The highest BCUT2D eigenvalue weighted by Gasteiger charge is 2.17. The maximum Gasteiger partial charge on any atom is 0.335 e. The minimum absolute atomic E-state index is 0.0863. The molecule has 1 aromatic heterocycles. The van der Waals surface area contributed by atoms with E-state index < -0.39 is 27.2 Å². The number of hydrogen-bond donors (Lipinski definition) is 3. The van der Waals surface area contributed by atoms with Gasteiger partial charge in [0.05, 0.1) is 16.3 Å². The Balaban J connectivity index is 2.11. The third-order valence-corrected chi connectivity index (χ3v) is 6.35. The first-order valence-corrected chi connectivity index (χ1v) is 10.9. The van der Waals surface area contributed by atoms with Gasteiger partial charge in [-0.1, -0.05) is 15.9 Å². The van der Waals surface area contributed by atoms with E-state index in [-0.39, 0.29) is 10.5 Å². The van der Waals surface area contributed by atoms with E-state index >= 15 is 0 Å². The van der Waals surface area contributed by atoms with Crippen LogP contribution in [0.15, 0.2) is 60.3 Å². The maximum absolute atomic E-state index is 12.4. The average molecular weight is 493 g/mol. The van der Waals surface area contributed by atoms with Crippen molar-refractivity contribution in [1.29, 1.82) is 0 Å². The first-order valence-electron chi connectivity index (χ1n) is 8.52. The van der Waals surface area contributed by atoms with Crippen LogP contribution in [0.3, 0.4) is 0 Å². The van der Waals surface area contributed by atoms with Crippen molar-refractivity contribution in [3.63, 3.8) is 0 Å². The van der Waals surface area contributed by atoms with Gasteiger partial charge in [-0.05, 0) is 61.4 Å². The number of aromatic nitrogens is 2. The smallest absolute Gasteiger partial charge is 0.335 e. The van der Waals surface area contributed by atoms with Gasteiger partial charge in [0, 0.05) is 10.7 Å². The summed E-state index contributed by atoms with van der Waals surface area (Å²) >= 11 is 3.41. The molecule has 0 saturated heterocycles. The standard InChI is InChI=1S/C19H17BrN4O5S/c1-10-11(2)16(8-7-15(10)20)24-18(26)14(17(25)23-19(24)27)9-22-12-3-5-13(6-4-12)30(21,28)29/h3-9,26H,1-2H3,(H2,21,28,29)(H,23,25,27). The van der Waals surface area contributed by atoms with Crippen molar-refractivity contribution in [1.82, 2.24) is 9.55 Å². The van der Waals surface area contributed by atoms with Crippen LogP contribution in [-0.4, -0.2) is 29.3 Å². The Morgan fingerprint density at radius 1 is 1.10 bits per heavy atom. The fourth-order valence-corrected chi connectivity index (χ4v) is 3.70. The zero-order valence-electron chi connectivity index (χ0n) is 15.9. The summed E-state index contributed by atoms with van der Waals surface area (Å²) in [5.41, 5.74) is 0.480. The van der Waals surface area contributed by atoms with E-state index in [9.17, 15) is 23.1 Å². The summed E-state index contributed by atoms with van der Waals surface area (Å²) in [5, 5.41) is 15.7. The molecular weight excluding hydrogens is 476 g/mol. The van der Waals surface area contributed by atoms with E-state index in [2.05, 4.69) is 25.9 Å². The molecule has 0 amide bonds. The molecule has 11 heteroatoms. The topological polar surface area (TPSA) is 148 Å². The second-order valence-electron chi connectivity index (χ2n) is 6.45. The van der Waals surface area contributed by atoms with Crippen LogP contribution in [0, 0.1) is 13.8 Å². The lowest BCUT2D eigenvalue weighted by molar-refractivity contribution is 0.430. The second-order valence-corrected chi connectivity index (χ2v) is 8.86. The molecule has 4 N–H and O–H groups in total. The van der Waals surface area contributed by atoms with E-state index in [0.717, 1.165) is 26.4 Å². The zero-order valence-corrected chi connectivity index (χ0v) is 18.3. The minimum atomic E-state index is -3.84. The van der Waals surface area contributed by atoms with Crippen LogP contribution in [0.4, 0.5) is 5.69 Å². The highest BCUT2D eigenvalue weighted by molar-refractivity contribution is 9.10. The maximum atomic E-state index is 12.4. The predicted molar refractivity (Wildman–Crippen MR) is 117 cm³/mol. The van der Waals surface area contributed by atoms with Gasteiger partial charge in [-0.3, -0.25) is 14.8 Å².